The molecule has 1 N–H and O–H groups in total. The van der Waals surface area contributed by atoms with Gasteiger partial charge in [0.25, 0.3) is 0 Å². The quantitative estimate of drug-likeness (QED) is 0.922. The number of halogens is 2. The molecule has 1 aromatic rings. The van der Waals surface area contributed by atoms with Crippen molar-refractivity contribution in [2.45, 2.75) is 6.42 Å². The van der Waals surface area contributed by atoms with Gasteiger partial charge < -0.3 is 5.32 Å². The minimum atomic E-state index is -0.336. The van der Waals surface area contributed by atoms with Crippen molar-refractivity contribution in [2.75, 3.05) is 17.3 Å². The molecule has 2 nitrogen and oxygen atoms in total. The molecule has 82 valence electrons. The van der Waals surface area contributed by atoms with Gasteiger partial charge in [-0.15, -0.1) is 0 Å². The molecule has 0 fully saturated rings. The zero-order valence-electron chi connectivity index (χ0n) is 8.22. The second kappa shape index (κ2) is 6.12. The predicted octanol–water partition coefficient (Wildman–Crippen LogP) is 3.28. The van der Waals surface area contributed by atoms with Crippen LogP contribution >= 0.6 is 27.7 Å². The van der Waals surface area contributed by atoms with Gasteiger partial charge in [-0.05, 0) is 40.4 Å². The van der Waals surface area contributed by atoms with E-state index < -0.39 is 0 Å². The van der Waals surface area contributed by atoms with E-state index in [2.05, 4.69) is 21.2 Å². The van der Waals surface area contributed by atoms with E-state index in [1.165, 1.54) is 12.1 Å². The van der Waals surface area contributed by atoms with Gasteiger partial charge in [-0.25, -0.2) is 4.39 Å². The van der Waals surface area contributed by atoms with Gasteiger partial charge in [-0.1, -0.05) is 0 Å². The van der Waals surface area contributed by atoms with E-state index in [4.69, 9.17) is 0 Å². The molecule has 0 aromatic heterocycles. The van der Waals surface area contributed by atoms with Crippen molar-refractivity contribution in [1.29, 1.82) is 0 Å². The summed E-state index contributed by atoms with van der Waals surface area (Å²) in [6, 6.07) is 4.40. The van der Waals surface area contributed by atoms with Crippen LogP contribution in [0.1, 0.15) is 6.42 Å². The van der Waals surface area contributed by atoms with Crippen LogP contribution < -0.4 is 5.32 Å². The second-order valence-corrected chi connectivity index (χ2v) is 4.76. The molecular formula is C10H11BrFNOS. The fourth-order valence-electron chi connectivity index (χ4n) is 0.992. The molecule has 0 radical (unpaired) electrons. The van der Waals surface area contributed by atoms with E-state index in [1.54, 1.807) is 17.8 Å². The molecule has 15 heavy (non-hydrogen) atoms. The largest absolute Gasteiger partial charge is 0.326 e. The Morgan fingerprint density at radius 1 is 1.60 bits per heavy atom. The van der Waals surface area contributed by atoms with Crippen LogP contribution in [0.3, 0.4) is 0 Å². The third-order valence-corrected chi connectivity index (χ3v) is 2.96. The van der Waals surface area contributed by atoms with Gasteiger partial charge in [0.1, 0.15) is 5.82 Å². The van der Waals surface area contributed by atoms with Gasteiger partial charge in [0.15, 0.2) is 0 Å². The average Bonchev–Trinajstić information content (AvgIpc) is 2.20. The summed E-state index contributed by atoms with van der Waals surface area (Å²) in [6.07, 6.45) is 2.41. The molecule has 0 saturated heterocycles. The highest BCUT2D eigenvalue weighted by molar-refractivity contribution is 9.10. The molecule has 0 heterocycles. The first-order chi connectivity index (χ1) is 7.13. The summed E-state index contributed by atoms with van der Waals surface area (Å²) in [5.74, 6) is 0.397. The Hall–Kier alpha value is -0.550. The number of hydrogen-bond donors (Lipinski definition) is 1. The standard InChI is InChI=1S/C10H11BrFNOS/c1-15-5-4-10(14)13-7-2-3-9(12)8(11)6-7/h2-3,6H,4-5H2,1H3,(H,13,14). The SMILES string of the molecule is CSCCC(=O)Nc1ccc(F)c(Br)c1. The van der Waals surface area contributed by atoms with Gasteiger partial charge >= 0.3 is 0 Å². The Morgan fingerprint density at radius 2 is 2.33 bits per heavy atom. The van der Waals surface area contributed by atoms with Crippen LogP contribution in [0.2, 0.25) is 0 Å². The van der Waals surface area contributed by atoms with E-state index in [0.717, 1.165) is 5.75 Å². The molecule has 0 aliphatic heterocycles. The van der Waals surface area contributed by atoms with Crippen LogP contribution in [0, 0.1) is 5.82 Å². The van der Waals surface area contributed by atoms with Crippen molar-refractivity contribution < 1.29 is 9.18 Å². The number of hydrogen-bond acceptors (Lipinski definition) is 2. The number of carbonyl (C=O) groups is 1. The summed E-state index contributed by atoms with van der Waals surface area (Å²) in [5.41, 5.74) is 0.606. The van der Waals surface area contributed by atoms with E-state index >= 15 is 0 Å². The Labute approximate surface area is 101 Å². The number of carbonyl (C=O) groups excluding carboxylic acids is 1. The highest BCUT2D eigenvalue weighted by Crippen LogP contribution is 2.20. The zero-order chi connectivity index (χ0) is 11.3. The predicted molar refractivity (Wildman–Crippen MR) is 65.7 cm³/mol. The van der Waals surface area contributed by atoms with Gasteiger partial charge in [0.05, 0.1) is 4.47 Å². The van der Waals surface area contributed by atoms with Gasteiger partial charge in [0, 0.05) is 17.9 Å². The molecule has 0 atom stereocenters. The van der Waals surface area contributed by atoms with Gasteiger partial charge in [-0.3, -0.25) is 4.79 Å². The van der Waals surface area contributed by atoms with Crippen LogP contribution in [-0.4, -0.2) is 17.9 Å². The summed E-state index contributed by atoms with van der Waals surface area (Å²) < 4.78 is 13.2. The maximum Gasteiger partial charge on any atom is 0.225 e. The van der Waals surface area contributed by atoms with Crippen molar-refractivity contribution in [1.82, 2.24) is 0 Å². The molecule has 0 aliphatic carbocycles. The molecule has 0 unspecified atom stereocenters. The van der Waals surface area contributed by atoms with Gasteiger partial charge in [0.2, 0.25) is 5.91 Å². The lowest BCUT2D eigenvalue weighted by Gasteiger charge is -2.05. The molecule has 0 spiro atoms. The number of benzene rings is 1. The fraction of sp³-hybridized carbons (Fsp3) is 0.300. The highest BCUT2D eigenvalue weighted by Gasteiger charge is 2.04. The summed E-state index contributed by atoms with van der Waals surface area (Å²) in [5, 5.41) is 2.70. The Morgan fingerprint density at radius 3 is 2.93 bits per heavy atom. The second-order valence-electron chi connectivity index (χ2n) is 2.92. The molecule has 1 aromatic carbocycles. The summed E-state index contributed by atoms with van der Waals surface area (Å²) in [7, 11) is 0. The highest BCUT2D eigenvalue weighted by atomic mass is 79.9. The molecule has 0 aliphatic rings. The minimum Gasteiger partial charge on any atom is -0.326 e. The number of rotatable bonds is 4. The van der Waals surface area contributed by atoms with Crippen LogP contribution in [0.15, 0.2) is 22.7 Å². The molecule has 5 heteroatoms. The Kier molecular flexibility index (Phi) is 5.11. The molecular weight excluding hydrogens is 281 g/mol. The summed E-state index contributed by atoms with van der Waals surface area (Å²) >= 11 is 4.67. The normalized spacial score (nSPS) is 10.1. The Balaban J connectivity index is 2.57. The fourth-order valence-corrected chi connectivity index (χ4v) is 1.76. The Bertz CT molecular complexity index is 359. The zero-order valence-corrected chi connectivity index (χ0v) is 10.6. The van der Waals surface area contributed by atoms with E-state index in [-0.39, 0.29) is 11.7 Å². The third kappa shape index (κ3) is 4.22. The van der Waals surface area contributed by atoms with Crippen LogP contribution in [0.25, 0.3) is 0 Å². The average molecular weight is 292 g/mol. The molecule has 1 amide bonds. The van der Waals surface area contributed by atoms with Crippen molar-refractivity contribution in [2.24, 2.45) is 0 Å². The summed E-state index contributed by atoms with van der Waals surface area (Å²) in [4.78, 5) is 11.3. The minimum absolute atomic E-state index is 0.0529. The number of anilines is 1. The molecule has 0 bridgehead atoms. The van der Waals surface area contributed by atoms with E-state index in [0.29, 0.717) is 16.6 Å². The number of nitrogens with one attached hydrogen (secondary N) is 1. The first kappa shape index (κ1) is 12.5. The lowest BCUT2D eigenvalue weighted by atomic mass is 10.3. The first-order valence-corrected chi connectivity index (χ1v) is 6.56. The van der Waals surface area contributed by atoms with Crippen LogP contribution in [-0.2, 0) is 4.79 Å². The monoisotopic (exact) mass is 291 g/mol. The van der Waals surface area contributed by atoms with Crippen LogP contribution in [0.4, 0.5) is 10.1 Å². The summed E-state index contributed by atoms with van der Waals surface area (Å²) in [6.45, 7) is 0. The number of amides is 1. The van der Waals surface area contributed by atoms with Crippen molar-refractivity contribution in [3.8, 4) is 0 Å². The van der Waals surface area contributed by atoms with Crippen molar-refractivity contribution in [3.63, 3.8) is 0 Å². The maximum atomic E-state index is 12.9. The first-order valence-electron chi connectivity index (χ1n) is 4.37. The lowest BCUT2D eigenvalue weighted by molar-refractivity contribution is -0.115. The number of thioether (sulfide) groups is 1. The maximum absolute atomic E-state index is 12.9. The lowest BCUT2D eigenvalue weighted by Crippen LogP contribution is -2.12. The molecule has 1 rings (SSSR count). The van der Waals surface area contributed by atoms with E-state index in [9.17, 15) is 9.18 Å². The van der Waals surface area contributed by atoms with Gasteiger partial charge in [-0.2, -0.15) is 11.8 Å². The van der Waals surface area contributed by atoms with E-state index in [1.807, 2.05) is 6.26 Å². The van der Waals surface area contributed by atoms with Crippen LogP contribution in [0.5, 0.6) is 0 Å². The smallest absolute Gasteiger partial charge is 0.225 e. The third-order valence-electron chi connectivity index (χ3n) is 1.74. The molecule has 0 saturated carbocycles. The van der Waals surface area contributed by atoms with Crippen molar-refractivity contribution in [3.05, 3.63) is 28.5 Å². The topological polar surface area (TPSA) is 29.1 Å². The van der Waals surface area contributed by atoms with Crippen molar-refractivity contribution >= 4 is 39.3 Å².